The molecule has 0 aliphatic rings. The van der Waals surface area contributed by atoms with Crippen molar-refractivity contribution in [1.82, 2.24) is 9.38 Å². The molecule has 0 radical (unpaired) electrons. The summed E-state index contributed by atoms with van der Waals surface area (Å²) in [7, 11) is 0. The van der Waals surface area contributed by atoms with E-state index in [1.807, 2.05) is 31.2 Å². The summed E-state index contributed by atoms with van der Waals surface area (Å²) in [5.74, 6) is 0.288. The quantitative estimate of drug-likeness (QED) is 0.591. The molecule has 0 spiro atoms. The molecule has 0 saturated carbocycles. The first-order valence-corrected chi connectivity index (χ1v) is 6.92. The van der Waals surface area contributed by atoms with Gasteiger partial charge in [-0.25, -0.2) is 0 Å². The molecule has 2 heterocycles. The molecule has 1 N–H and O–H groups in total. The molecule has 3 aromatic rings. The van der Waals surface area contributed by atoms with Crippen LogP contribution in [0.15, 0.2) is 35.8 Å². The Labute approximate surface area is 118 Å². The molecular formula is C13H12N4O2S. The standard InChI is InChI=1S/C13H12N4O2S/c1-9-2-4-10(5-3-9)8-14-11-12(17(18)19)16-6-7-20-13(16)15-11/h2-7,14H,8H2,1H3. The van der Waals surface area contributed by atoms with Crippen molar-refractivity contribution in [2.24, 2.45) is 0 Å². The molecule has 0 amide bonds. The van der Waals surface area contributed by atoms with Gasteiger partial charge < -0.3 is 15.4 Å². The van der Waals surface area contributed by atoms with Crippen LogP contribution in [-0.2, 0) is 6.54 Å². The van der Waals surface area contributed by atoms with E-state index in [2.05, 4.69) is 10.3 Å². The number of thiazole rings is 1. The molecule has 20 heavy (non-hydrogen) atoms. The van der Waals surface area contributed by atoms with Gasteiger partial charge in [0.05, 0.1) is 0 Å². The molecule has 0 aliphatic carbocycles. The highest BCUT2D eigenvalue weighted by Gasteiger charge is 2.23. The molecule has 0 bridgehead atoms. The van der Waals surface area contributed by atoms with E-state index in [-0.39, 0.29) is 5.82 Å². The highest BCUT2D eigenvalue weighted by atomic mass is 32.1. The monoisotopic (exact) mass is 288 g/mol. The smallest absolute Gasteiger partial charge is 0.359 e. The fourth-order valence-electron chi connectivity index (χ4n) is 1.96. The van der Waals surface area contributed by atoms with Crippen LogP contribution in [0.1, 0.15) is 11.1 Å². The number of benzene rings is 1. The number of aryl methyl sites for hydroxylation is 1. The second kappa shape index (κ2) is 4.93. The Balaban J connectivity index is 1.87. The van der Waals surface area contributed by atoms with Crippen LogP contribution in [0.4, 0.5) is 11.6 Å². The predicted molar refractivity (Wildman–Crippen MR) is 78.2 cm³/mol. The highest BCUT2D eigenvalue weighted by molar-refractivity contribution is 7.15. The number of fused-ring (bicyclic) bond motifs is 1. The minimum Gasteiger partial charge on any atom is -0.359 e. The van der Waals surface area contributed by atoms with E-state index < -0.39 is 4.92 Å². The van der Waals surface area contributed by atoms with Gasteiger partial charge in [0.2, 0.25) is 5.82 Å². The first-order valence-electron chi connectivity index (χ1n) is 6.04. The van der Waals surface area contributed by atoms with Gasteiger partial charge in [0.15, 0.2) is 0 Å². The van der Waals surface area contributed by atoms with E-state index in [4.69, 9.17) is 0 Å². The van der Waals surface area contributed by atoms with E-state index >= 15 is 0 Å². The van der Waals surface area contributed by atoms with Gasteiger partial charge >= 0.3 is 5.82 Å². The lowest BCUT2D eigenvalue weighted by atomic mass is 10.1. The number of imidazole rings is 1. The second-order valence-electron chi connectivity index (χ2n) is 4.44. The number of nitrogens with one attached hydrogen (secondary N) is 1. The molecule has 0 aliphatic heterocycles. The van der Waals surface area contributed by atoms with Crippen molar-refractivity contribution in [2.45, 2.75) is 13.5 Å². The van der Waals surface area contributed by atoms with E-state index in [9.17, 15) is 10.1 Å². The maximum atomic E-state index is 11.2. The molecule has 0 atom stereocenters. The maximum absolute atomic E-state index is 11.2. The van der Waals surface area contributed by atoms with Crippen molar-refractivity contribution in [1.29, 1.82) is 0 Å². The first-order chi connectivity index (χ1) is 9.65. The summed E-state index contributed by atoms with van der Waals surface area (Å²) in [5.41, 5.74) is 2.24. The Hall–Kier alpha value is -2.41. The van der Waals surface area contributed by atoms with Crippen molar-refractivity contribution in [3.05, 3.63) is 57.1 Å². The zero-order valence-corrected chi connectivity index (χ0v) is 11.6. The molecule has 0 saturated heterocycles. The average Bonchev–Trinajstić information content (AvgIpc) is 2.97. The van der Waals surface area contributed by atoms with E-state index in [1.165, 1.54) is 21.3 Å². The molecule has 7 heteroatoms. The van der Waals surface area contributed by atoms with Crippen molar-refractivity contribution >= 4 is 27.9 Å². The van der Waals surface area contributed by atoms with Gasteiger partial charge in [-0.1, -0.05) is 41.2 Å². The van der Waals surface area contributed by atoms with Gasteiger partial charge in [0.25, 0.3) is 4.96 Å². The number of nitrogens with zero attached hydrogens (tertiary/aromatic N) is 3. The van der Waals surface area contributed by atoms with Crippen molar-refractivity contribution in [2.75, 3.05) is 5.32 Å². The summed E-state index contributed by atoms with van der Waals surface area (Å²) in [5, 5.41) is 16.0. The third kappa shape index (κ3) is 2.23. The predicted octanol–water partition coefficient (Wildman–Crippen LogP) is 3.22. The fourth-order valence-corrected chi connectivity index (χ4v) is 2.67. The summed E-state index contributed by atoms with van der Waals surface area (Å²) in [6, 6.07) is 8.01. The van der Waals surface area contributed by atoms with Crippen LogP contribution >= 0.6 is 11.3 Å². The minimum atomic E-state index is -0.413. The second-order valence-corrected chi connectivity index (χ2v) is 5.31. The van der Waals surface area contributed by atoms with Gasteiger partial charge in [-0.2, -0.15) is 9.38 Å². The largest absolute Gasteiger partial charge is 0.372 e. The molecule has 1 aromatic carbocycles. The first kappa shape index (κ1) is 12.6. The van der Waals surface area contributed by atoms with E-state index in [0.717, 1.165) is 5.56 Å². The van der Waals surface area contributed by atoms with E-state index in [1.54, 1.807) is 11.6 Å². The molecule has 6 nitrogen and oxygen atoms in total. The van der Waals surface area contributed by atoms with Crippen LogP contribution in [0.2, 0.25) is 0 Å². The van der Waals surface area contributed by atoms with Crippen LogP contribution < -0.4 is 5.32 Å². The van der Waals surface area contributed by atoms with Gasteiger partial charge in [0, 0.05) is 11.9 Å². The maximum Gasteiger partial charge on any atom is 0.372 e. The Morgan fingerprint density at radius 1 is 1.40 bits per heavy atom. The van der Waals surface area contributed by atoms with Gasteiger partial charge in [0.1, 0.15) is 6.20 Å². The SMILES string of the molecule is Cc1ccc(CNc2nc3sccn3c2[N+](=O)[O-])cc1. The van der Waals surface area contributed by atoms with Crippen molar-refractivity contribution < 1.29 is 4.92 Å². The van der Waals surface area contributed by atoms with E-state index in [0.29, 0.717) is 17.3 Å². The van der Waals surface area contributed by atoms with Crippen molar-refractivity contribution in [3.63, 3.8) is 0 Å². The molecule has 102 valence electrons. The van der Waals surface area contributed by atoms with Gasteiger partial charge in [-0.05, 0) is 17.4 Å². The number of hydrogen-bond donors (Lipinski definition) is 1. The summed E-state index contributed by atoms with van der Waals surface area (Å²) in [6.45, 7) is 2.53. The Morgan fingerprint density at radius 2 is 2.15 bits per heavy atom. The topological polar surface area (TPSA) is 72.5 Å². The molecule has 0 fully saturated rings. The number of nitro groups is 1. The van der Waals surface area contributed by atoms with Crippen LogP contribution in [0, 0.1) is 17.0 Å². The summed E-state index contributed by atoms with van der Waals surface area (Å²) < 4.78 is 1.49. The van der Waals surface area contributed by atoms with Crippen LogP contribution in [-0.4, -0.2) is 14.3 Å². The third-order valence-electron chi connectivity index (χ3n) is 2.99. The Kier molecular flexibility index (Phi) is 3.11. The van der Waals surface area contributed by atoms with Crippen molar-refractivity contribution in [3.8, 4) is 0 Å². The average molecular weight is 288 g/mol. The zero-order valence-electron chi connectivity index (χ0n) is 10.7. The fraction of sp³-hybridized carbons (Fsp3) is 0.154. The summed E-state index contributed by atoms with van der Waals surface area (Å²) >= 11 is 1.37. The lowest BCUT2D eigenvalue weighted by Gasteiger charge is -2.04. The number of hydrogen-bond acceptors (Lipinski definition) is 5. The van der Waals surface area contributed by atoms with Crippen LogP contribution in [0.25, 0.3) is 4.96 Å². The Bertz CT molecular complexity index is 760. The third-order valence-corrected chi connectivity index (χ3v) is 3.75. The molecule has 0 unspecified atom stereocenters. The molecule has 2 aromatic heterocycles. The number of aromatic nitrogens is 2. The lowest BCUT2D eigenvalue weighted by molar-refractivity contribution is -0.389. The van der Waals surface area contributed by atoms with Gasteiger partial charge in [-0.3, -0.25) is 0 Å². The van der Waals surface area contributed by atoms with Crippen LogP contribution in [0.5, 0.6) is 0 Å². The zero-order chi connectivity index (χ0) is 14.1. The summed E-state index contributed by atoms with van der Waals surface area (Å²) in [6.07, 6.45) is 1.65. The summed E-state index contributed by atoms with van der Waals surface area (Å²) in [4.78, 5) is 15.6. The van der Waals surface area contributed by atoms with Gasteiger partial charge in [-0.15, -0.1) is 0 Å². The number of rotatable bonds is 4. The minimum absolute atomic E-state index is 0.0200. The highest BCUT2D eigenvalue weighted by Crippen LogP contribution is 2.28. The number of anilines is 1. The Morgan fingerprint density at radius 3 is 2.85 bits per heavy atom. The van der Waals surface area contributed by atoms with Crippen LogP contribution in [0.3, 0.4) is 0 Å². The molecule has 3 rings (SSSR count). The molecular weight excluding hydrogens is 276 g/mol. The lowest BCUT2D eigenvalue weighted by Crippen LogP contribution is -2.03. The normalized spacial score (nSPS) is 10.8.